The summed E-state index contributed by atoms with van der Waals surface area (Å²) in [7, 11) is -3.81. The number of nitrogens with one attached hydrogen (secondary N) is 2. The zero-order valence-corrected chi connectivity index (χ0v) is 18.1. The van der Waals surface area contributed by atoms with Crippen molar-refractivity contribution in [1.29, 1.82) is 0 Å². The van der Waals surface area contributed by atoms with Crippen molar-refractivity contribution >= 4 is 27.3 Å². The van der Waals surface area contributed by atoms with E-state index in [1.54, 1.807) is 54.6 Å². The molecule has 0 aliphatic heterocycles. The first-order chi connectivity index (χ1) is 14.9. The molecule has 0 aromatic heterocycles. The molecular weight excluding hydrogens is 416 g/mol. The summed E-state index contributed by atoms with van der Waals surface area (Å²) in [6, 6.07) is 19.4. The van der Waals surface area contributed by atoms with Gasteiger partial charge >= 0.3 is 0 Å². The predicted molar refractivity (Wildman–Crippen MR) is 120 cm³/mol. The molecule has 0 atom stereocenters. The number of hydrogen-bond donors (Lipinski definition) is 2. The minimum absolute atomic E-state index is 0.0974. The summed E-state index contributed by atoms with van der Waals surface area (Å²) in [6.45, 7) is 4.80. The van der Waals surface area contributed by atoms with Crippen LogP contribution in [-0.2, 0) is 10.0 Å². The molecular formula is C23H24N2O5S. The van der Waals surface area contributed by atoms with Gasteiger partial charge in [-0.2, -0.15) is 0 Å². The molecule has 0 saturated heterocycles. The Bertz CT molecular complexity index is 1130. The smallest absolute Gasteiger partial charge is 0.261 e. The second-order valence-electron chi connectivity index (χ2n) is 6.50. The zero-order valence-electron chi connectivity index (χ0n) is 17.3. The maximum atomic E-state index is 12.7. The molecule has 7 nitrogen and oxygen atoms in total. The van der Waals surface area contributed by atoms with Crippen LogP contribution in [0.3, 0.4) is 0 Å². The van der Waals surface area contributed by atoms with Crippen LogP contribution in [0.15, 0.2) is 77.7 Å². The molecule has 162 valence electrons. The third-order valence-electron chi connectivity index (χ3n) is 4.25. The second-order valence-corrected chi connectivity index (χ2v) is 8.18. The maximum Gasteiger partial charge on any atom is 0.261 e. The van der Waals surface area contributed by atoms with Crippen LogP contribution >= 0.6 is 0 Å². The minimum atomic E-state index is -3.81. The minimum Gasteiger partial charge on any atom is -0.494 e. The Morgan fingerprint density at radius 3 is 1.97 bits per heavy atom. The lowest BCUT2D eigenvalue weighted by Crippen LogP contribution is -2.15. The molecule has 0 heterocycles. The van der Waals surface area contributed by atoms with Gasteiger partial charge in [0.25, 0.3) is 15.9 Å². The number of ether oxygens (including phenoxy) is 2. The molecule has 0 radical (unpaired) electrons. The van der Waals surface area contributed by atoms with E-state index in [1.165, 1.54) is 18.2 Å². The van der Waals surface area contributed by atoms with E-state index in [0.29, 0.717) is 36.0 Å². The number of rotatable bonds is 9. The fourth-order valence-corrected chi connectivity index (χ4v) is 3.87. The molecule has 1 amide bonds. The van der Waals surface area contributed by atoms with E-state index in [4.69, 9.17) is 9.47 Å². The first-order valence-electron chi connectivity index (χ1n) is 9.81. The Morgan fingerprint density at radius 2 is 1.39 bits per heavy atom. The average Bonchev–Trinajstić information content (AvgIpc) is 2.76. The number of carbonyl (C=O) groups excluding carboxylic acids is 1. The number of anilines is 2. The van der Waals surface area contributed by atoms with Gasteiger partial charge in [0, 0.05) is 16.9 Å². The Labute approximate surface area is 182 Å². The molecule has 3 rings (SSSR count). The third kappa shape index (κ3) is 5.99. The lowest BCUT2D eigenvalue weighted by Gasteiger charge is -2.11. The topological polar surface area (TPSA) is 93.7 Å². The average molecular weight is 441 g/mol. The van der Waals surface area contributed by atoms with Crippen LogP contribution in [0.1, 0.15) is 24.2 Å². The molecule has 0 aliphatic rings. The fourth-order valence-electron chi connectivity index (χ4n) is 2.82. The van der Waals surface area contributed by atoms with Crippen LogP contribution in [0.4, 0.5) is 11.4 Å². The normalized spacial score (nSPS) is 10.9. The Balaban J connectivity index is 1.70. The molecule has 0 spiro atoms. The zero-order chi connectivity index (χ0) is 22.3. The SMILES string of the molecule is CCOc1ccc(NC(=O)c2cccc(NS(=O)(=O)c3ccc(OCC)cc3)c2)cc1. The Kier molecular flexibility index (Phi) is 7.15. The van der Waals surface area contributed by atoms with Gasteiger partial charge in [0.1, 0.15) is 11.5 Å². The van der Waals surface area contributed by atoms with Crippen LogP contribution in [0.2, 0.25) is 0 Å². The van der Waals surface area contributed by atoms with Crippen molar-refractivity contribution < 1.29 is 22.7 Å². The number of amides is 1. The highest BCUT2D eigenvalue weighted by atomic mass is 32.2. The number of benzene rings is 3. The quantitative estimate of drug-likeness (QED) is 0.510. The molecule has 0 unspecified atom stereocenters. The van der Waals surface area contributed by atoms with Crippen LogP contribution in [-0.4, -0.2) is 27.5 Å². The molecule has 3 aromatic carbocycles. The van der Waals surface area contributed by atoms with Crippen molar-refractivity contribution in [3.8, 4) is 11.5 Å². The summed E-state index contributed by atoms with van der Waals surface area (Å²) >= 11 is 0. The number of carbonyl (C=O) groups is 1. The molecule has 0 saturated carbocycles. The van der Waals surface area contributed by atoms with Gasteiger partial charge < -0.3 is 14.8 Å². The van der Waals surface area contributed by atoms with Crippen molar-refractivity contribution in [2.45, 2.75) is 18.7 Å². The summed E-state index contributed by atoms with van der Waals surface area (Å²) in [5.74, 6) is 0.951. The molecule has 8 heteroatoms. The summed E-state index contributed by atoms with van der Waals surface area (Å²) in [6.07, 6.45) is 0. The van der Waals surface area contributed by atoms with Crippen molar-refractivity contribution in [2.75, 3.05) is 23.3 Å². The van der Waals surface area contributed by atoms with Crippen LogP contribution in [0.25, 0.3) is 0 Å². The third-order valence-corrected chi connectivity index (χ3v) is 5.64. The summed E-state index contributed by atoms with van der Waals surface area (Å²) in [5.41, 5.74) is 1.21. The maximum absolute atomic E-state index is 12.7. The highest BCUT2D eigenvalue weighted by Crippen LogP contribution is 2.21. The largest absolute Gasteiger partial charge is 0.494 e. The van der Waals surface area contributed by atoms with Crippen LogP contribution in [0.5, 0.6) is 11.5 Å². The lowest BCUT2D eigenvalue weighted by atomic mass is 10.2. The summed E-state index contributed by atoms with van der Waals surface area (Å²) in [5, 5.41) is 2.78. The van der Waals surface area contributed by atoms with Gasteiger partial charge in [-0.05, 0) is 80.6 Å². The monoisotopic (exact) mass is 440 g/mol. The number of hydrogen-bond acceptors (Lipinski definition) is 5. The van der Waals surface area contributed by atoms with Gasteiger partial charge in [0.15, 0.2) is 0 Å². The Hall–Kier alpha value is -3.52. The van der Waals surface area contributed by atoms with Crippen LogP contribution < -0.4 is 19.5 Å². The van der Waals surface area contributed by atoms with E-state index in [0.717, 1.165) is 0 Å². The molecule has 2 N–H and O–H groups in total. The van der Waals surface area contributed by atoms with Crippen molar-refractivity contribution in [3.05, 3.63) is 78.4 Å². The van der Waals surface area contributed by atoms with E-state index in [9.17, 15) is 13.2 Å². The molecule has 3 aromatic rings. The van der Waals surface area contributed by atoms with E-state index >= 15 is 0 Å². The van der Waals surface area contributed by atoms with Crippen molar-refractivity contribution in [2.24, 2.45) is 0 Å². The number of sulfonamides is 1. The van der Waals surface area contributed by atoms with Crippen molar-refractivity contribution in [3.63, 3.8) is 0 Å². The standard InChI is InChI=1S/C23H24N2O5S/c1-3-29-20-10-8-18(9-11-20)24-23(26)17-6-5-7-19(16-17)25-31(27,28)22-14-12-21(13-15-22)30-4-2/h5-16,25H,3-4H2,1-2H3,(H,24,26). The van der Waals surface area contributed by atoms with E-state index in [-0.39, 0.29) is 16.5 Å². The predicted octanol–water partition coefficient (Wildman–Crippen LogP) is 4.54. The highest BCUT2D eigenvalue weighted by Gasteiger charge is 2.15. The molecule has 0 fully saturated rings. The fraction of sp³-hybridized carbons (Fsp3) is 0.174. The van der Waals surface area contributed by atoms with Crippen LogP contribution in [0, 0.1) is 0 Å². The molecule has 31 heavy (non-hydrogen) atoms. The van der Waals surface area contributed by atoms with Gasteiger partial charge in [-0.3, -0.25) is 9.52 Å². The van der Waals surface area contributed by atoms with Gasteiger partial charge in [0.05, 0.1) is 18.1 Å². The van der Waals surface area contributed by atoms with E-state index in [2.05, 4.69) is 10.0 Å². The van der Waals surface area contributed by atoms with Crippen molar-refractivity contribution in [1.82, 2.24) is 0 Å². The second kappa shape index (κ2) is 9.99. The van der Waals surface area contributed by atoms with E-state index < -0.39 is 10.0 Å². The van der Waals surface area contributed by atoms with E-state index in [1.807, 2.05) is 13.8 Å². The molecule has 0 aliphatic carbocycles. The first kappa shape index (κ1) is 22.2. The lowest BCUT2D eigenvalue weighted by molar-refractivity contribution is 0.102. The highest BCUT2D eigenvalue weighted by molar-refractivity contribution is 7.92. The van der Waals surface area contributed by atoms with Gasteiger partial charge in [0.2, 0.25) is 0 Å². The Morgan fingerprint density at radius 1 is 0.806 bits per heavy atom. The van der Waals surface area contributed by atoms with Gasteiger partial charge in [-0.25, -0.2) is 8.42 Å². The van der Waals surface area contributed by atoms with Gasteiger partial charge in [-0.1, -0.05) is 6.07 Å². The molecule has 0 bridgehead atoms. The summed E-state index contributed by atoms with van der Waals surface area (Å²) in [4.78, 5) is 12.7. The summed E-state index contributed by atoms with van der Waals surface area (Å²) < 4.78 is 38.5. The van der Waals surface area contributed by atoms with Gasteiger partial charge in [-0.15, -0.1) is 0 Å². The first-order valence-corrected chi connectivity index (χ1v) is 11.3.